The van der Waals surface area contributed by atoms with Crippen LogP contribution in [0.25, 0.3) is 0 Å². The number of halogens is 1. The minimum absolute atomic E-state index is 0.392. The molecule has 1 unspecified atom stereocenters. The predicted molar refractivity (Wildman–Crippen MR) is 35.0 cm³/mol. The van der Waals surface area contributed by atoms with Gasteiger partial charge < -0.3 is 10.6 Å². The second-order valence-corrected chi connectivity index (χ2v) is 2.98. The summed E-state index contributed by atoms with van der Waals surface area (Å²) in [5.74, 6) is 0. The smallest absolute Gasteiger partial charge is 0.109 e. The van der Waals surface area contributed by atoms with Gasteiger partial charge in [-0.2, -0.15) is 0 Å². The Hall–Kier alpha value is -0.150. The topological polar surface area (TPSA) is 29.3 Å². The molecule has 0 saturated carbocycles. The van der Waals surface area contributed by atoms with E-state index in [0.717, 1.165) is 13.0 Å². The number of rotatable bonds is 1. The molecule has 9 heavy (non-hydrogen) atoms. The van der Waals surface area contributed by atoms with Crippen molar-refractivity contribution in [3.8, 4) is 0 Å². The van der Waals surface area contributed by atoms with E-state index in [9.17, 15) is 4.39 Å². The zero-order valence-electron chi connectivity index (χ0n) is 5.73. The molecule has 54 valence electrons. The second-order valence-electron chi connectivity index (χ2n) is 2.98. The number of nitrogens with two attached hydrogens (primary N) is 1. The summed E-state index contributed by atoms with van der Waals surface area (Å²) in [6.45, 7) is 1.24. The SMILES string of the molecule is CN1CCC(N)(CF)C1. The van der Waals surface area contributed by atoms with Gasteiger partial charge in [0, 0.05) is 6.54 Å². The monoisotopic (exact) mass is 132 g/mol. The Bertz CT molecular complexity index is 107. The first-order valence-corrected chi connectivity index (χ1v) is 3.20. The molecular weight excluding hydrogens is 119 g/mol. The van der Waals surface area contributed by atoms with Crippen molar-refractivity contribution in [2.45, 2.75) is 12.0 Å². The molecule has 0 aliphatic carbocycles. The zero-order valence-corrected chi connectivity index (χ0v) is 5.73. The number of hydrogen-bond acceptors (Lipinski definition) is 2. The van der Waals surface area contributed by atoms with Crippen LogP contribution in [-0.4, -0.2) is 37.3 Å². The van der Waals surface area contributed by atoms with Crippen LogP contribution >= 0.6 is 0 Å². The van der Waals surface area contributed by atoms with Crippen molar-refractivity contribution in [1.29, 1.82) is 0 Å². The molecular formula is C6H13FN2. The van der Waals surface area contributed by atoms with Gasteiger partial charge in [-0.25, -0.2) is 4.39 Å². The molecule has 0 amide bonds. The Morgan fingerprint density at radius 2 is 2.44 bits per heavy atom. The molecule has 1 heterocycles. The fourth-order valence-corrected chi connectivity index (χ4v) is 1.22. The summed E-state index contributed by atoms with van der Waals surface area (Å²) in [7, 11) is 1.96. The van der Waals surface area contributed by atoms with Crippen LogP contribution in [-0.2, 0) is 0 Å². The van der Waals surface area contributed by atoms with Crippen LogP contribution in [0.4, 0.5) is 4.39 Å². The number of likely N-dealkylation sites (N-methyl/N-ethyl adjacent to an activating group) is 1. The molecule has 0 aromatic heterocycles. The quantitative estimate of drug-likeness (QED) is 0.543. The molecule has 0 aromatic carbocycles. The minimum Gasteiger partial charge on any atom is -0.322 e. The largest absolute Gasteiger partial charge is 0.322 e. The molecule has 1 aliphatic rings. The van der Waals surface area contributed by atoms with Crippen molar-refractivity contribution in [3.63, 3.8) is 0 Å². The van der Waals surface area contributed by atoms with Gasteiger partial charge in [-0.05, 0) is 20.0 Å². The highest BCUT2D eigenvalue weighted by Crippen LogP contribution is 2.16. The van der Waals surface area contributed by atoms with Gasteiger partial charge in [-0.1, -0.05) is 0 Å². The molecule has 3 heteroatoms. The Morgan fingerprint density at radius 1 is 1.78 bits per heavy atom. The van der Waals surface area contributed by atoms with Crippen LogP contribution in [0, 0.1) is 0 Å². The van der Waals surface area contributed by atoms with E-state index in [-0.39, 0.29) is 0 Å². The first-order valence-electron chi connectivity index (χ1n) is 3.20. The molecule has 0 bridgehead atoms. The number of nitrogens with zero attached hydrogens (tertiary/aromatic N) is 1. The Balaban J connectivity index is 2.45. The molecule has 2 N–H and O–H groups in total. The van der Waals surface area contributed by atoms with Crippen LogP contribution in [0.5, 0.6) is 0 Å². The van der Waals surface area contributed by atoms with E-state index in [0.29, 0.717) is 6.54 Å². The lowest BCUT2D eigenvalue weighted by molar-refractivity contribution is 0.298. The second kappa shape index (κ2) is 2.23. The summed E-state index contributed by atoms with van der Waals surface area (Å²) < 4.78 is 12.1. The van der Waals surface area contributed by atoms with Gasteiger partial charge in [0.2, 0.25) is 0 Å². The molecule has 0 aromatic rings. The Kier molecular flexibility index (Phi) is 1.73. The van der Waals surface area contributed by atoms with E-state index in [1.807, 2.05) is 7.05 Å². The summed E-state index contributed by atoms with van der Waals surface area (Å²) in [5, 5.41) is 0. The lowest BCUT2D eigenvalue weighted by Gasteiger charge is -2.18. The average molecular weight is 132 g/mol. The van der Waals surface area contributed by atoms with Gasteiger partial charge in [0.05, 0.1) is 5.54 Å². The molecule has 2 nitrogen and oxygen atoms in total. The van der Waals surface area contributed by atoms with Gasteiger partial charge in [-0.15, -0.1) is 0 Å². The van der Waals surface area contributed by atoms with Crippen molar-refractivity contribution in [1.82, 2.24) is 4.90 Å². The maximum absolute atomic E-state index is 12.1. The summed E-state index contributed by atoms with van der Waals surface area (Å²) in [6.07, 6.45) is 0.792. The molecule has 1 atom stereocenters. The van der Waals surface area contributed by atoms with E-state index >= 15 is 0 Å². The minimum atomic E-state index is -0.533. The molecule has 0 spiro atoms. The fraction of sp³-hybridized carbons (Fsp3) is 1.00. The maximum atomic E-state index is 12.1. The van der Waals surface area contributed by atoms with Crippen LogP contribution in [0.2, 0.25) is 0 Å². The highest BCUT2D eigenvalue weighted by atomic mass is 19.1. The van der Waals surface area contributed by atoms with E-state index in [2.05, 4.69) is 4.90 Å². The van der Waals surface area contributed by atoms with Gasteiger partial charge in [0.15, 0.2) is 0 Å². The average Bonchev–Trinajstić information content (AvgIpc) is 2.13. The predicted octanol–water partition coefficient (Wildman–Crippen LogP) is -0.0111. The Morgan fingerprint density at radius 3 is 2.67 bits per heavy atom. The Labute approximate surface area is 54.8 Å². The van der Waals surface area contributed by atoms with E-state index in [4.69, 9.17) is 5.73 Å². The highest BCUT2D eigenvalue weighted by Gasteiger charge is 2.32. The van der Waals surface area contributed by atoms with Gasteiger partial charge in [0.1, 0.15) is 6.67 Å². The number of alkyl halides is 1. The number of hydrogen-bond donors (Lipinski definition) is 1. The molecule has 1 aliphatic heterocycles. The van der Waals surface area contributed by atoms with Crippen molar-refractivity contribution < 1.29 is 4.39 Å². The summed E-state index contributed by atoms with van der Waals surface area (Å²) in [6, 6.07) is 0. The van der Waals surface area contributed by atoms with Crippen molar-refractivity contribution in [3.05, 3.63) is 0 Å². The van der Waals surface area contributed by atoms with Crippen molar-refractivity contribution in [2.75, 3.05) is 26.8 Å². The van der Waals surface area contributed by atoms with Gasteiger partial charge in [-0.3, -0.25) is 0 Å². The van der Waals surface area contributed by atoms with Crippen LogP contribution in [0.15, 0.2) is 0 Å². The van der Waals surface area contributed by atoms with Crippen LogP contribution in [0.1, 0.15) is 6.42 Å². The first-order chi connectivity index (χ1) is 4.16. The third-order valence-electron chi connectivity index (χ3n) is 1.84. The summed E-state index contributed by atoms with van der Waals surface area (Å²) in [4.78, 5) is 2.06. The molecule has 0 radical (unpaired) electrons. The van der Waals surface area contributed by atoms with Crippen LogP contribution < -0.4 is 5.73 Å². The van der Waals surface area contributed by atoms with E-state index in [1.54, 1.807) is 0 Å². The number of likely N-dealkylation sites (tertiary alicyclic amines) is 1. The van der Waals surface area contributed by atoms with Gasteiger partial charge >= 0.3 is 0 Å². The third-order valence-corrected chi connectivity index (χ3v) is 1.84. The highest BCUT2D eigenvalue weighted by molar-refractivity contribution is 4.92. The first kappa shape index (κ1) is 6.96. The maximum Gasteiger partial charge on any atom is 0.109 e. The molecule has 1 fully saturated rings. The van der Waals surface area contributed by atoms with E-state index in [1.165, 1.54) is 0 Å². The summed E-state index contributed by atoms with van der Waals surface area (Å²) >= 11 is 0. The third kappa shape index (κ3) is 1.40. The van der Waals surface area contributed by atoms with Crippen LogP contribution in [0.3, 0.4) is 0 Å². The van der Waals surface area contributed by atoms with E-state index < -0.39 is 12.2 Å². The normalized spacial score (nSPS) is 37.7. The standard InChI is InChI=1S/C6H13FN2/c1-9-3-2-6(8,4-7)5-9/h2-5,8H2,1H3. The van der Waals surface area contributed by atoms with Crippen molar-refractivity contribution >= 4 is 0 Å². The fourth-order valence-electron chi connectivity index (χ4n) is 1.22. The lowest BCUT2D eigenvalue weighted by atomic mass is 10.0. The molecule has 1 rings (SSSR count). The summed E-state index contributed by atoms with van der Waals surface area (Å²) in [5.41, 5.74) is 5.10. The zero-order chi connectivity index (χ0) is 6.91. The lowest BCUT2D eigenvalue weighted by Crippen LogP contribution is -2.44. The van der Waals surface area contributed by atoms with Gasteiger partial charge in [0.25, 0.3) is 0 Å². The van der Waals surface area contributed by atoms with Crippen molar-refractivity contribution in [2.24, 2.45) is 5.73 Å². The molecule has 1 saturated heterocycles.